The molecule has 0 spiro atoms. The van der Waals surface area contributed by atoms with E-state index in [1.807, 2.05) is 0 Å². The molecule has 1 heterocycles. The lowest BCUT2D eigenvalue weighted by molar-refractivity contribution is -0.274. The zero-order valence-corrected chi connectivity index (χ0v) is 17.1. The van der Waals surface area contributed by atoms with Crippen molar-refractivity contribution >= 4 is 5.96 Å². The molecule has 0 bridgehead atoms. The lowest BCUT2D eigenvalue weighted by Gasteiger charge is -2.38. The summed E-state index contributed by atoms with van der Waals surface area (Å²) in [5.41, 5.74) is 1.09. The molecule has 1 aliphatic heterocycles. The number of guanidine groups is 1. The first kappa shape index (κ1) is 22.9. The lowest BCUT2D eigenvalue weighted by Crippen LogP contribution is -2.48. The molecule has 2 aromatic carbocycles. The number of aliphatic imine (C=N–C) groups is 1. The molecule has 0 aliphatic carbocycles. The van der Waals surface area contributed by atoms with Crippen molar-refractivity contribution in [2.45, 2.75) is 31.2 Å². The fraction of sp³-hybridized carbons (Fsp3) is 0.409. The molecule has 0 atom stereocenters. The van der Waals surface area contributed by atoms with E-state index in [9.17, 15) is 17.6 Å². The number of ether oxygens (including phenoxy) is 2. The Bertz CT molecular complexity index is 879. The molecule has 1 fully saturated rings. The Labute approximate surface area is 178 Å². The largest absolute Gasteiger partial charge is 0.573 e. The summed E-state index contributed by atoms with van der Waals surface area (Å²) in [5, 5.41) is 6.29. The van der Waals surface area contributed by atoms with Gasteiger partial charge in [-0.1, -0.05) is 30.3 Å². The van der Waals surface area contributed by atoms with Crippen LogP contribution in [0.3, 0.4) is 0 Å². The summed E-state index contributed by atoms with van der Waals surface area (Å²) in [6, 6.07) is 12.4. The number of para-hydroxylation sites is 1. The van der Waals surface area contributed by atoms with Gasteiger partial charge in [-0.25, -0.2) is 4.39 Å². The van der Waals surface area contributed by atoms with Crippen molar-refractivity contribution in [3.8, 4) is 5.75 Å². The third-order valence-corrected chi connectivity index (χ3v) is 5.37. The Hall–Kier alpha value is -2.81. The molecule has 168 valence electrons. The molecule has 2 aromatic rings. The highest BCUT2D eigenvalue weighted by Gasteiger charge is 2.35. The topological polar surface area (TPSA) is 54.9 Å². The predicted molar refractivity (Wildman–Crippen MR) is 109 cm³/mol. The molecule has 0 radical (unpaired) electrons. The Kier molecular flexibility index (Phi) is 7.37. The number of nitrogens with zero attached hydrogens (tertiary/aromatic N) is 1. The van der Waals surface area contributed by atoms with Crippen molar-refractivity contribution in [1.29, 1.82) is 0 Å². The highest BCUT2D eigenvalue weighted by molar-refractivity contribution is 5.79. The van der Waals surface area contributed by atoms with Crippen LogP contribution in [-0.4, -0.2) is 39.1 Å². The van der Waals surface area contributed by atoms with Gasteiger partial charge in [0.15, 0.2) is 5.96 Å². The van der Waals surface area contributed by atoms with Crippen LogP contribution >= 0.6 is 0 Å². The maximum atomic E-state index is 13.4. The summed E-state index contributed by atoms with van der Waals surface area (Å²) < 4.78 is 60.9. The van der Waals surface area contributed by atoms with Gasteiger partial charge in [-0.15, -0.1) is 13.2 Å². The van der Waals surface area contributed by atoms with Crippen molar-refractivity contribution in [3.05, 3.63) is 65.5 Å². The van der Waals surface area contributed by atoms with E-state index in [4.69, 9.17) is 4.74 Å². The van der Waals surface area contributed by atoms with E-state index in [1.54, 1.807) is 31.3 Å². The number of halogens is 4. The average Bonchev–Trinajstić information content (AvgIpc) is 2.75. The zero-order chi connectivity index (χ0) is 22.3. The zero-order valence-electron chi connectivity index (χ0n) is 17.1. The summed E-state index contributed by atoms with van der Waals surface area (Å²) in [6.07, 6.45) is -3.25. The highest BCUT2D eigenvalue weighted by Crippen LogP contribution is 2.34. The molecule has 3 rings (SSSR count). The van der Waals surface area contributed by atoms with Crippen LogP contribution in [0.25, 0.3) is 0 Å². The van der Waals surface area contributed by atoms with Crippen LogP contribution in [0.5, 0.6) is 5.75 Å². The van der Waals surface area contributed by atoms with Crippen LogP contribution in [0, 0.1) is 5.82 Å². The van der Waals surface area contributed by atoms with Crippen molar-refractivity contribution in [3.63, 3.8) is 0 Å². The summed E-state index contributed by atoms with van der Waals surface area (Å²) in [4.78, 5) is 4.17. The number of alkyl halides is 3. The number of rotatable bonds is 6. The first-order valence-electron chi connectivity index (χ1n) is 9.93. The molecule has 2 N–H and O–H groups in total. The second-order valence-corrected chi connectivity index (χ2v) is 7.33. The van der Waals surface area contributed by atoms with Gasteiger partial charge in [0.25, 0.3) is 0 Å². The van der Waals surface area contributed by atoms with Crippen molar-refractivity contribution in [1.82, 2.24) is 10.6 Å². The third kappa shape index (κ3) is 6.33. The van der Waals surface area contributed by atoms with E-state index >= 15 is 0 Å². The van der Waals surface area contributed by atoms with Crippen molar-refractivity contribution in [2.75, 3.05) is 26.8 Å². The van der Waals surface area contributed by atoms with E-state index in [2.05, 4.69) is 20.4 Å². The smallest absolute Gasteiger partial charge is 0.405 e. The van der Waals surface area contributed by atoms with Crippen molar-refractivity contribution < 1.29 is 27.0 Å². The molecule has 31 heavy (non-hydrogen) atoms. The Morgan fingerprint density at radius 3 is 2.39 bits per heavy atom. The Balaban J connectivity index is 1.66. The van der Waals surface area contributed by atoms with E-state index in [1.165, 1.54) is 24.3 Å². The second kappa shape index (κ2) is 10.00. The van der Waals surface area contributed by atoms with E-state index in [-0.39, 0.29) is 23.5 Å². The van der Waals surface area contributed by atoms with Gasteiger partial charge in [-0.05, 0) is 36.6 Å². The van der Waals surface area contributed by atoms with Crippen LogP contribution < -0.4 is 15.4 Å². The van der Waals surface area contributed by atoms with Gasteiger partial charge >= 0.3 is 6.36 Å². The number of hydrogen-bond donors (Lipinski definition) is 2. The minimum atomic E-state index is -4.76. The van der Waals surface area contributed by atoms with Gasteiger partial charge in [0.1, 0.15) is 11.6 Å². The van der Waals surface area contributed by atoms with Gasteiger partial charge in [-0.2, -0.15) is 0 Å². The van der Waals surface area contributed by atoms with Crippen LogP contribution in [0.15, 0.2) is 53.5 Å². The van der Waals surface area contributed by atoms with Crippen LogP contribution in [0.2, 0.25) is 0 Å². The summed E-state index contributed by atoms with van der Waals surface area (Å²) in [7, 11) is 1.59. The third-order valence-electron chi connectivity index (χ3n) is 5.37. The lowest BCUT2D eigenvalue weighted by atomic mass is 9.74. The van der Waals surface area contributed by atoms with Crippen LogP contribution in [0.4, 0.5) is 17.6 Å². The minimum Gasteiger partial charge on any atom is -0.405 e. The first-order valence-corrected chi connectivity index (χ1v) is 9.93. The standard InChI is InChI=1S/C22H25F4N3O2/c1-27-20(28-14-16-4-2-3-5-19(16)31-22(24,25)26)29-15-21(10-12-30-13-11-21)17-6-8-18(23)9-7-17/h2-9H,10-15H2,1H3,(H2,27,28,29). The summed E-state index contributed by atoms with van der Waals surface area (Å²) in [6.45, 7) is 1.79. The molecule has 0 unspecified atom stereocenters. The Morgan fingerprint density at radius 2 is 1.74 bits per heavy atom. The molecular formula is C22H25F4N3O2. The van der Waals surface area contributed by atoms with Gasteiger partial charge in [0, 0.05) is 44.3 Å². The summed E-state index contributed by atoms with van der Waals surface area (Å²) in [5.74, 6) is -0.115. The predicted octanol–water partition coefficient (Wildman–Crippen LogP) is 4.14. The number of hydrogen-bond acceptors (Lipinski definition) is 3. The Morgan fingerprint density at radius 1 is 1.06 bits per heavy atom. The normalized spacial score (nSPS) is 16.6. The average molecular weight is 439 g/mol. The highest BCUT2D eigenvalue weighted by atomic mass is 19.4. The van der Waals surface area contributed by atoms with Gasteiger partial charge < -0.3 is 20.1 Å². The second-order valence-electron chi connectivity index (χ2n) is 7.33. The molecule has 5 nitrogen and oxygen atoms in total. The van der Waals surface area contributed by atoms with Crippen molar-refractivity contribution in [2.24, 2.45) is 4.99 Å². The summed E-state index contributed by atoms with van der Waals surface area (Å²) >= 11 is 0. The van der Waals surface area contributed by atoms with Gasteiger partial charge in [0.2, 0.25) is 0 Å². The van der Waals surface area contributed by atoms with E-state index in [0.717, 1.165) is 18.4 Å². The first-order chi connectivity index (χ1) is 14.8. The fourth-order valence-corrected chi connectivity index (χ4v) is 3.66. The number of nitrogens with one attached hydrogen (secondary N) is 2. The quantitative estimate of drug-likeness (QED) is 0.404. The molecule has 0 amide bonds. The molecule has 1 aliphatic rings. The maximum Gasteiger partial charge on any atom is 0.573 e. The molecular weight excluding hydrogens is 414 g/mol. The van der Waals surface area contributed by atoms with Crippen LogP contribution in [-0.2, 0) is 16.7 Å². The molecule has 9 heteroatoms. The monoisotopic (exact) mass is 439 g/mol. The maximum absolute atomic E-state index is 13.4. The van der Waals surface area contributed by atoms with Gasteiger partial charge in [0.05, 0.1) is 0 Å². The van der Waals surface area contributed by atoms with E-state index in [0.29, 0.717) is 31.3 Å². The van der Waals surface area contributed by atoms with E-state index < -0.39 is 6.36 Å². The minimum absolute atomic E-state index is 0.0958. The SMILES string of the molecule is CN=C(NCc1ccccc1OC(F)(F)F)NCC1(c2ccc(F)cc2)CCOCC1. The molecule has 0 saturated carbocycles. The molecule has 0 aromatic heterocycles. The molecule has 1 saturated heterocycles. The number of benzene rings is 2. The van der Waals surface area contributed by atoms with Gasteiger partial charge in [-0.3, -0.25) is 4.99 Å². The fourth-order valence-electron chi connectivity index (χ4n) is 3.66. The van der Waals surface area contributed by atoms with Crippen LogP contribution in [0.1, 0.15) is 24.0 Å².